The highest BCUT2D eigenvalue weighted by Gasteiger charge is 2.27. The van der Waals surface area contributed by atoms with Crippen molar-refractivity contribution in [2.75, 3.05) is 25.5 Å². The first-order valence-corrected chi connectivity index (χ1v) is 10.8. The number of nitrogens with zero attached hydrogens (tertiary/aromatic N) is 3. The number of amides is 1. The van der Waals surface area contributed by atoms with Gasteiger partial charge in [-0.15, -0.1) is 0 Å². The van der Waals surface area contributed by atoms with Crippen LogP contribution in [0.25, 0.3) is 10.9 Å². The molecule has 9 heteroatoms. The molecule has 1 saturated heterocycles. The molecule has 0 aliphatic carbocycles. The van der Waals surface area contributed by atoms with Crippen molar-refractivity contribution >= 4 is 55.8 Å². The number of carbonyl (C=O) groups is 1. The number of carbonyl (C=O) groups excluding carboxylic acids is 1. The third-order valence-electron chi connectivity index (χ3n) is 5.03. The molecular formula is C22H20BrClN4O3. The Labute approximate surface area is 193 Å². The Kier molecular flexibility index (Phi) is 6.29. The summed E-state index contributed by atoms with van der Waals surface area (Å²) >= 11 is 9.61. The fourth-order valence-electron chi connectivity index (χ4n) is 3.46. The molecule has 7 nitrogen and oxygen atoms in total. The van der Waals surface area contributed by atoms with Crippen molar-refractivity contribution in [2.24, 2.45) is 0 Å². The number of fused-ring (bicyclic) bond motifs is 1. The summed E-state index contributed by atoms with van der Waals surface area (Å²) in [5.41, 5.74) is 1.50. The molecule has 0 radical (unpaired) electrons. The number of halogens is 2. The van der Waals surface area contributed by atoms with Crippen LogP contribution in [0.2, 0.25) is 5.02 Å². The molecule has 1 atom stereocenters. The highest BCUT2D eigenvalue weighted by Crippen LogP contribution is 2.36. The average molecular weight is 504 g/mol. The first-order valence-electron chi connectivity index (χ1n) is 9.61. The molecule has 2 aromatic carbocycles. The topological polar surface area (TPSA) is 76.6 Å². The number of methoxy groups -OCH3 is 1. The average Bonchev–Trinajstić information content (AvgIpc) is 3.24. The number of hydrogen-bond donors (Lipinski definition) is 1. The molecule has 1 aromatic heterocycles. The summed E-state index contributed by atoms with van der Waals surface area (Å²) in [6.07, 6.45) is 3.40. The first kappa shape index (κ1) is 21.4. The van der Waals surface area contributed by atoms with Crippen LogP contribution in [0.15, 0.2) is 53.8 Å². The number of hydrogen-bond acceptors (Lipinski definition) is 6. The largest absolute Gasteiger partial charge is 0.493 e. The predicted octanol–water partition coefficient (Wildman–Crippen LogP) is 4.96. The van der Waals surface area contributed by atoms with Crippen LogP contribution in [0.4, 0.5) is 11.5 Å². The molecule has 1 N–H and O–H groups in total. The second-order valence-electron chi connectivity index (χ2n) is 7.01. The Balaban J connectivity index is 1.64. The molecule has 1 aliphatic rings. The summed E-state index contributed by atoms with van der Waals surface area (Å²) < 4.78 is 12.5. The zero-order chi connectivity index (χ0) is 22.0. The predicted molar refractivity (Wildman–Crippen MR) is 124 cm³/mol. The molecule has 1 fully saturated rings. The summed E-state index contributed by atoms with van der Waals surface area (Å²) in [4.78, 5) is 22.3. The monoisotopic (exact) mass is 502 g/mol. The fourth-order valence-corrected chi connectivity index (χ4v) is 3.89. The number of ether oxygens (including phenoxy) is 2. The molecule has 0 spiro atoms. The lowest BCUT2D eigenvalue weighted by molar-refractivity contribution is -0.125. The summed E-state index contributed by atoms with van der Waals surface area (Å²) in [7, 11) is 1.58. The molecule has 1 unspecified atom stereocenters. The van der Waals surface area contributed by atoms with Gasteiger partial charge in [0, 0.05) is 34.6 Å². The van der Waals surface area contributed by atoms with E-state index in [2.05, 4.69) is 37.8 Å². The van der Waals surface area contributed by atoms with Gasteiger partial charge in [-0.05, 0) is 46.3 Å². The Morgan fingerprint density at radius 1 is 1.32 bits per heavy atom. The highest BCUT2D eigenvalue weighted by molar-refractivity contribution is 9.10. The van der Waals surface area contributed by atoms with Crippen LogP contribution >= 0.6 is 27.5 Å². The van der Waals surface area contributed by atoms with E-state index < -0.39 is 0 Å². The quantitative estimate of drug-likeness (QED) is 0.479. The van der Waals surface area contributed by atoms with E-state index in [9.17, 15) is 4.79 Å². The third kappa shape index (κ3) is 4.60. The van der Waals surface area contributed by atoms with Crippen molar-refractivity contribution in [1.29, 1.82) is 0 Å². The van der Waals surface area contributed by atoms with Gasteiger partial charge in [-0.3, -0.25) is 4.79 Å². The molecule has 4 rings (SSSR count). The van der Waals surface area contributed by atoms with Crippen LogP contribution in [-0.2, 0) is 4.79 Å². The van der Waals surface area contributed by atoms with Crippen LogP contribution in [0, 0.1) is 0 Å². The van der Waals surface area contributed by atoms with E-state index in [1.165, 1.54) is 12.4 Å². The maximum Gasteiger partial charge on any atom is 0.246 e. The van der Waals surface area contributed by atoms with Crippen molar-refractivity contribution in [2.45, 2.75) is 12.5 Å². The molecule has 1 aliphatic heterocycles. The Morgan fingerprint density at radius 2 is 2.16 bits per heavy atom. The van der Waals surface area contributed by atoms with Gasteiger partial charge in [-0.1, -0.05) is 18.2 Å². The first-order chi connectivity index (χ1) is 15.0. The zero-order valence-corrected chi connectivity index (χ0v) is 19.1. The molecule has 0 saturated carbocycles. The number of rotatable bonds is 6. The van der Waals surface area contributed by atoms with Crippen LogP contribution in [0.1, 0.15) is 6.42 Å². The number of aromatic nitrogens is 2. The summed E-state index contributed by atoms with van der Waals surface area (Å²) in [5, 5.41) is 4.65. The number of anilines is 2. The Morgan fingerprint density at radius 3 is 2.90 bits per heavy atom. The minimum atomic E-state index is -0.137. The number of nitrogens with one attached hydrogen (secondary N) is 1. The van der Waals surface area contributed by atoms with Crippen molar-refractivity contribution in [3.05, 3.63) is 58.8 Å². The second-order valence-corrected chi connectivity index (χ2v) is 8.27. The lowest BCUT2D eigenvalue weighted by Crippen LogP contribution is -2.29. The van der Waals surface area contributed by atoms with E-state index in [0.717, 1.165) is 22.0 Å². The molecule has 1 amide bonds. The number of likely N-dealkylation sites (tertiary alicyclic amines) is 1. The van der Waals surface area contributed by atoms with E-state index in [4.69, 9.17) is 21.1 Å². The lowest BCUT2D eigenvalue weighted by atomic mass is 10.2. The van der Waals surface area contributed by atoms with Gasteiger partial charge >= 0.3 is 0 Å². The van der Waals surface area contributed by atoms with Crippen LogP contribution in [-0.4, -0.2) is 47.1 Å². The second kappa shape index (κ2) is 9.11. The van der Waals surface area contributed by atoms with Gasteiger partial charge in [0.1, 0.15) is 18.2 Å². The molecule has 3 aromatic rings. The van der Waals surface area contributed by atoms with Crippen molar-refractivity contribution < 1.29 is 14.3 Å². The van der Waals surface area contributed by atoms with Gasteiger partial charge in [-0.2, -0.15) is 0 Å². The van der Waals surface area contributed by atoms with E-state index in [1.54, 1.807) is 12.0 Å². The standard InChI is InChI=1S/C22H20BrClN4O3/c1-3-21(29)28-7-6-14(11-28)31-20-9-15-18(10-19(20)30-2)25-12-26-22(15)27-13-4-5-16(23)17(24)8-13/h3-5,8-10,12,14H,1,6-7,11H2,2H3,(H,25,26,27). The highest BCUT2D eigenvalue weighted by atomic mass is 79.9. The SMILES string of the molecule is C=CC(=O)N1CCC(Oc2cc3c(Nc4ccc(Br)c(Cl)c4)ncnc3cc2OC)C1. The van der Waals surface area contributed by atoms with E-state index in [-0.39, 0.29) is 12.0 Å². The fraction of sp³-hybridized carbons (Fsp3) is 0.227. The summed E-state index contributed by atoms with van der Waals surface area (Å²) in [6, 6.07) is 9.24. The van der Waals surface area contributed by atoms with Gasteiger partial charge in [0.05, 0.1) is 24.2 Å². The van der Waals surface area contributed by atoms with E-state index in [0.29, 0.717) is 40.9 Å². The van der Waals surface area contributed by atoms with Gasteiger partial charge < -0.3 is 19.7 Å². The smallest absolute Gasteiger partial charge is 0.246 e. The maximum absolute atomic E-state index is 11.9. The van der Waals surface area contributed by atoms with E-state index >= 15 is 0 Å². The minimum Gasteiger partial charge on any atom is -0.493 e. The molecule has 0 bridgehead atoms. The van der Waals surface area contributed by atoms with Crippen LogP contribution in [0.5, 0.6) is 11.5 Å². The summed E-state index contributed by atoms with van der Waals surface area (Å²) in [6.45, 7) is 4.68. The maximum atomic E-state index is 11.9. The molecule has 2 heterocycles. The molecular weight excluding hydrogens is 484 g/mol. The Bertz CT molecular complexity index is 1160. The van der Waals surface area contributed by atoms with Gasteiger partial charge in [0.2, 0.25) is 5.91 Å². The van der Waals surface area contributed by atoms with Gasteiger partial charge in [0.25, 0.3) is 0 Å². The van der Waals surface area contributed by atoms with Crippen LogP contribution < -0.4 is 14.8 Å². The van der Waals surface area contributed by atoms with Gasteiger partial charge in [0.15, 0.2) is 11.5 Å². The Hall–Kier alpha value is -2.84. The minimum absolute atomic E-state index is 0.0929. The normalized spacial score (nSPS) is 15.7. The molecule has 31 heavy (non-hydrogen) atoms. The number of benzene rings is 2. The summed E-state index contributed by atoms with van der Waals surface area (Å²) in [5.74, 6) is 1.66. The molecule has 160 valence electrons. The zero-order valence-electron chi connectivity index (χ0n) is 16.8. The van der Waals surface area contributed by atoms with Crippen molar-refractivity contribution in [1.82, 2.24) is 14.9 Å². The third-order valence-corrected chi connectivity index (χ3v) is 6.26. The van der Waals surface area contributed by atoms with Gasteiger partial charge in [-0.25, -0.2) is 9.97 Å². The van der Waals surface area contributed by atoms with Crippen molar-refractivity contribution in [3.8, 4) is 11.5 Å². The van der Waals surface area contributed by atoms with Crippen LogP contribution in [0.3, 0.4) is 0 Å². The van der Waals surface area contributed by atoms with Crippen molar-refractivity contribution in [3.63, 3.8) is 0 Å². The lowest BCUT2D eigenvalue weighted by Gasteiger charge is -2.18. The van der Waals surface area contributed by atoms with E-state index in [1.807, 2.05) is 30.3 Å².